The molecule has 0 atom stereocenters. The zero-order valence-electron chi connectivity index (χ0n) is 24.3. The van der Waals surface area contributed by atoms with Crippen molar-refractivity contribution in [2.24, 2.45) is 17.3 Å². The van der Waals surface area contributed by atoms with Gasteiger partial charge in [0.25, 0.3) is 0 Å². The van der Waals surface area contributed by atoms with Gasteiger partial charge in [-0.15, -0.1) is 11.3 Å². The van der Waals surface area contributed by atoms with E-state index in [1.807, 2.05) is 20.8 Å². The highest BCUT2D eigenvalue weighted by atomic mass is 32.1. The molecular weight excluding hydrogens is 546 g/mol. The fourth-order valence-electron chi connectivity index (χ4n) is 5.72. The molecule has 1 aliphatic heterocycles. The number of anilines is 1. The number of rotatable bonds is 6. The summed E-state index contributed by atoms with van der Waals surface area (Å²) in [5, 5.41) is 21.9. The standard InChI is InChI=1S/C30H41N3O7S/c1-18-5-7-19(8-6-18)26(34)33(24-15-23(13-14-30(2,3)4)41-25(24)27(35)36)21-11-9-20(10-12-21)31-28(37)40-22-16-32(17-22)29(38)39/h15,18-22H,5-12,16-17H2,1-4H3,(H,31,37)(H,35,36)(H,38,39)/t18-,19-,20?,21?. The lowest BCUT2D eigenvalue weighted by molar-refractivity contribution is -0.124. The molecule has 0 radical (unpaired) electrons. The van der Waals surface area contributed by atoms with Crippen molar-refractivity contribution in [3.05, 3.63) is 15.8 Å². The van der Waals surface area contributed by atoms with E-state index in [4.69, 9.17) is 9.84 Å². The molecule has 2 saturated carbocycles. The fraction of sp³-hybridized carbons (Fsp3) is 0.667. The Kier molecular flexibility index (Phi) is 9.52. The van der Waals surface area contributed by atoms with Crippen molar-refractivity contribution in [1.82, 2.24) is 10.2 Å². The molecule has 0 spiro atoms. The predicted molar refractivity (Wildman–Crippen MR) is 155 cm³/mol. The third kappa shape index (κ3) is 7.94. The molecule has 3 aliphatic rings. The SMILES string of the molecule is CC(C)(C)C#Cc1cc(N(C(=O)[C@H]2CC[C@H](C)CC2)C2CCC(NC(=O)OC3CN(C(=O)O)C3)CC2)c(C(=O)O)s1. The van der Waals surface area contributed by atoms with Crippen LogP contribution in [-0.2, 0) is 9.53 Å². The van der Waals surface area contributed by atoms with Crippen LogP contribution < -0.4 is 10.2 Å². The van der Waals surface area contributed by atoms with Crippen LogP contribution in [0.25, 0.3) is 0 Å². The van der Waals surface area contributed by atoms with E-state index in [9.17, 15) is 24.3 Å². The quantitative estimate of drug-likeness (QED) is 0.379. The van der Waals surface area contributed by atoms with E-state index in [1.54, 1.807) is 11.0 Å². The maximum Gasteiger partial charge on any atom is 0.407 e. The van der Waals surface area contributed by atoms with Gasteiger partial charge in [0.1, 0.15) is 11.0 Å². The molecule has 224 valence electrons. The Labute approximate surface area is 245 Å². The van der Waals surface area contributed by atoms with Gasteiger partial charge in [-0.25, -0.2) is 14.4 Å². The van der Waals surface area contributed by atoms with E-state index < -0.39 is 24.3 Å². The van der Waals surface area contributed by atoms with Gasteiger partial charge in [-0.05, 0) is 84.1 Å². The molecule has 3 amide bonds. The molecule has 3 fully saturated rings. The number of alkyl carbamates (subject to hydrolysis) is 1. The summed E-state index contributed by atoms with van der Waals surface area (Å²) in [6.45, 7) is 8.51. The minimum Gasteiger partial charge on any atom is -0.477 e. The predicted octanol–water partition coefficient (Wildman–Crippen LogP) is 5.40. The average Bonchev–Trinajstić information content (AvgIpc) is 3.30. The summed E-state index contributed by atoms with van der Waals surface area (Å²) >= 11 is 1.11. The Bertz CT molecular complexity index is 1200. The third-order valence-electron chi connectivity index (χ3n) is 8.11. The van der Waals surface area contributed by atoms with E-state index in [1.165, 1.54) is 4.90 Å². The van der Waals surface area contributed by atoms with Crippen LogP contribution in [0.1, 0.15) is 93.6 Å². The summed E-state index contributed by atoms with van der Waals surface area (Å²) < 4.78 is 5.33. The van der Waals surface area contributed by atoms with Gasteiger partial charge in [0, 0.05) is 23.4 Å². The van der Waals surface area contributed by atoms with Crippen molar-refractivity contribution in [1.29, 1.82) is 0 Å². The first-order valence-corrected chi connectivity index (χ1v) is 15.3. The molecule has 2 aliphatic carbocycles. The van der Waals surface area contributed by atoms with Crippen LogP contribution in [0, 0.1) is 29.1 Å². The van der Waals surface area contributed by atoms with E-state index in [2.05, 4.69) is 24.1 Å². The maximum atomic E-state index is 14.1. The topological polar surface area (TPSA) is 136 Å². The van der Waals surface area contributed by atoms with Gasteiger partial charge in [-0.2, -0.15) is 0 Å². The summed E-state index contributed by atoms with van der Waals surface area (Å²) in [4.78, 5) is 53.4. The van der Waals surface area contributed by atoms with Gasteiger partial charge in [-0.3, -0.25) is 4.79 Å². The number of nitrogens with zero attached hydrogens (tertiary/aromatic N) is 2. The lowest BCUT2D eigenvalue weighted by Crippen LogP contribution is -2.56. The molecule has 1 saturated heterocycles. The van der Waals surface area contributed by atoms with Gasteiger partial charge in [-0.1, -0.05) is 18.8 Å². The maximum absolute atomic E-state index is 14.1. The van der Waals surface area contributed by atoms with Crippen molar-refractivity contribution in [2.75, 3.05) is 18.0 Å². The molecule has 11 heteroatoms. The number of carboxylic acid groups (broad SMARTS) is 2. The zero-order valence-corrected chi connectivity index (χ0v) is 25.1. The average molecular weight is 588 g/mol. The third-order valence-corrected chi connectivity index (χ3v) is 9.13. The Morgan fingerprint density at radius 2 is 1.66 bits per heavy atom. The summed E-state index contributed by atoms with van der Waals surface area (Å²) in [5.41, 5.74) is 0.177. The normalized spacial score (nSPS) is 24.8. The molecule has 1 aromatic heterocycles. The van der Waals surface area contributed by atoms with Gasteiger partial charge in [0.15, 0.2) is 0 Å². The lowest BCUT2D eigenvalue weighted by atomic mass is 9.81. The first-order valence-electron chi connectivity index (χ1n) is 14.5. The second-order valence-electron chi connectivity index (χ2n) is 12.7. The van der Waals surface area contributed by atoms with Crippen molar-refractivity contribution < 1.29 is 34.1 Å². The highest BCUT2D eigenvalue weighted by molar-refractivity contribution is 7.15. The van der Waals surface area contributed by atoms with Crippen LogP contribution in [0.3, 0.4) is 0 Å². The molecule has 0 aromatic carbocycles. The molecule has 4 rings (SSSR count). The number of likely N-dealkylation sites (tertiary alicyclic amines) is 1. The summed E-state index contributed by atoms with van der Waals surface area (Å²) in [7, 11) is 0. The number of carbonyl (C=O) groups is 4. The van der Waals surface area contributed by atoms with Gasteiger partial charge >= 0.3 is 18.2 Å². The molecule has 0 unspecified atom stereocenters. The Hall–Kier alpha value is -3.26. The van der Waals surface area contributed by atoms with Crippen molar-refractivity contribution >= 4 is 41.1 Å². The number of nitrogens with one attached hydrogen (secondary N) is 1. The number of carbonyl (C=O) groups excluding carboxylic acids is 2. The van der Waals surface area contributed by atoms with Gasteiger partial charge < -0.3 is 30.1 Å². The molecular formula is C30H41N3O7S. The first-order chi connectivity index (χ1) is 19.3. The molecule has 10 nitrogen and oxygen atoms in total. The van der Waals surface area contributed by atoms with Crippen molar-refractivity contribution in [3.63, 3.8) is 0 Å². The number of carboxylic acids is 1. The van der Waals surface area contributed by atoms with E-state index in [-0.39, 0.29) is 47.3 Å². The van der Waals surface area contributed by atoms with Crippen LogP contribution in [0.5, 0.6) is 0 Å². The second kappa shape index (κ2) is 12.7. The minimum absolute atomic E-state index is 0.0173. The largest absolute Gasteiger partial charge is 0.477 e. The number of ether oxygens (including phenoxy) is 1. The zero-order chi connectivity index (χ0) is 29.9. The van der Waals surface area contributed by atoms with E-state index in [0.717, 1.165) is 37.0 Å². The van der Waals surface area contributed by atoms with E-state index in [0.29, 0.717) is 42.2 Å². The highest BCUT2D eigenvalue weighted by Crippen LogP contribution is 2.39. The molecule has 41 heavy (non-hydrogen) atoms. The number of aromatic carboxylic acids is 1. The Morgan fingerprint density at radius 3 is 2.22 bits per heavy atom. The molecule has 3 N–H and O–H groups in total. The molecule has 1 aromatic rings. The number of thiophene rings is 1. The summed E-state index contributed by atoms with van der Waals surface area (Å²) in [5.74, 6) is 5.63. The number of hydrogen-bond donors (Lipinski definition) is 3. The number of hydrogen-bond acceptors (Lipinski definition) is 6. The van der Waals surface area contributed by atoms with Crippen molar-refractivity contribution in [3.8, 4) is 11.8 Å². The van der Waals surface area contributed by atoms with Crippen molar-refractivity contribution in [2.45, 2.75) is 97.2 Å². The van der Waals surface area contributed by atoms with Crippen LogP contribution >= 0.6 is 11.3 Å². The summed E-state index contributed by atoms with van der Waals surface area (Å²) in [6, 6.07) is 1.43. The summed E-state index contributed by atoms with van der Waals surface area (Å²) in [6.07, 6.45) is 3.93. The van der Waals surface area contributed by atoms with Crippen LogP contribution in [0.4, 0.5) is 15.3 Å². The Morgan fingerprint density at radius 1 is 1.02 bits per heavy atom. The highest BCUT2D eigenvalue weighted by Gasteiger charge is 2.38. The van der Waals surface area contributed by atoms with Gasteiger partial charge in [0.05, 0.1) is 23.7 Å². The lowest BCUT2D eigenvalue weighted by Gasteiger charge is -2.40. The minimum atomic E-state index is -1.07. The van der Waals surface area contributed by atoms with Crippen LogP contribution in [-0.4, -0.2) is 70.5 Å². The first kappa shape index (κ1) is 30.7. The second-order valence-corrected chi connectivity index (χ2v) is 13.7. The monoisotopic (exact) mass is 587 g/mol. The number of amides is 3. The fourth-order valence-corrected chi connectivity index (χ4v) is 6.56. The van der Waals surface area contributed by atoms with Crippen LogP contribution in [0.2, 0.25) is 0 Å². The van der Waals surface area contributed by atoms with Gasteiger partial charge in [0.2, 0.25) is 5.91 Å². The molecule has 0 bridgehead atoms. The molecule has 2 heterocycles. The Balaban J connectivity index is 1.49. The smallest absolute Gasteiger partial charge is 0.407 e. The van der Waals surface area contributed by atoms with Crippen LogP contribution in [0.15, 0.2) is 6.07 Å². The van der Waals surface area contributed by atoms with E-state index >= 15 is 0 Å².